The third kappa shape index (κ3) is 2.17. The number of hydrogen-bond donors (Lipinski definition) is 2. The van der Waals surface area contributed by atoms with Gasteiger partial charge in [0.25, 0.3) is 5.91 Å². The van der Waals surface area contributed by atoms with Crippen molar-refractivity contribution in [2.24, 2.45) is 5.73 Å². The summed E-state index contributed by atoms with van der Waals surface area (Å²) in [4.78, 5) is 11.6. The van der Waals surface area contributed by atoms with E-state index in [0.29, 0.717) is 16.4 Å². The quantitative estimate of drug-likeness (QED) is 0.825. The van der Waals surface area contributed by atoms with E-state index in [0.717, 1.165) is 17.0 Å². The molecule has 1 amide bonds. The van der Waals surface area contributed by atoms with Gasteiger partial charge in [-0.3, -0.25) is 4.79 Å². The van der Waals surface area contributed by atoms with Crippen LogP contribution in [0.4, 0.5) is 5.69 Å². The first-order valence-electron chi connectivity index (χ1n) is 5.75. The Labute approximate surface area is 116 Å². The third-order valence-electron chi connectivity index (χ3n) is 3.22. The number of nitrogens with zero attached hydrogens (tertiary/aromatic N) is 2. The molecule has 0 aliphatic heterocycles. The number of carbonyl (C=O) groups is 1. The zero-order chi connectivity index (χ0) is 14.3. The fraction of sp³-hybridized carbons (Fsp3) is 0.231. The number of nitrogen functional groups attached to an aromatic ring is 1. The van der Waals surface area contributed by atoms with E-state index in [-0.39, 0.29) is 5.56 Å². The zero-order valence-electron chi connectivity index (χ0n) is 11.0. The predicted molar refractivity (Wildman–Crippen MR) is 75.7 cm³/mol. The Morgan fingerprint density at radius 2 is 1.95 bits per heavy atom. The Bertz CT molecular complexity index is 676. The molecule has 4 N–H and O–H groups in total. The number of hydrogen-bond acceptors (Lipinski definition) is 3. The van der Waals surface area contributed by atoms with Gasteiger partial charge in [-0.25, -0.2) is 4.68 Å². The summed E-state index contributed by atoms with van der Waals surface area (Å²) < 4.78 is 1.63. The van der Waals surface area contributed by atoms with E-state index in [9.17, 15) is 4.79 Å². The maximum atomic E-state index is 11.6. The number of nitrogens with two attached hydrogens (primary N) is 2. The van der Waals surface area contributed by atoms with Gasteiger partial charge in [0.2, 0.25) is 0 Å². The second kappa shape index (κ2) is 4.59. The van der Waals surface area contributed by atoms with Crippen LogP contribution >= 0.6 is 11.6 Å². The monoisotopic (exact) mass is 278 g/mol. The number of aromatic nitrogens is 2. The molecular formula is C13H15ClN4O. The van der Waals surface area contributed by atoms with Gasteiger partial charge in [-0.2, -0.15) is 5.10 Å². The van der Waals surface area contributed by atoms with Crippen LogP contribution in [0.5, 0.6) is 0 Å². The normalized spacial score (nSPS) is 10.7. The van der Waals surface area contributed by atoms with Crippen molar-refractivity contribution >= 4 is 23.2 Å². The molecule has 6 heteroatoms. The van der Waals surface area contributed by atoms with E-state index in [1.807, 2.05) is 20.8 Å². The van der Waals surface area contributed by atoms with Crippen molar-refractivity contribution in [2.75, 3.05) is 5.73 Å². The molecule has 0 spiro atoms. The van der Waals surface area contributed by atoms with Crippen molar-refractivity contribution in [3.05, 3.63) is 39.7 Å². The maximum Gasteiger partial charge on any atom is 0.251 e. The Hall–Kier alpha value is -2.01. The van der Waals surface area contributed by atoms with Crippen LogP contribution in [0.15, 0.2) is 12.1 Å². The molecule has 0 aliphatic rings. The Morgan fingerprint density at radius 1 is 1.32 bits per heavy atom. The number of benzene rings is 1. The van der Waals surface area contributed by atoms with E-state index >= 15 is 0 Å². The van der Waals surface area contributed by atoms with Crippen molar-refractivity contribution < 1.29 is 4.79 Å². The number of amides is 1. The first kappa shape index (κ1) is 13.4. The minimum absolute atomic E-state index is 0.260. The molecule has 1 heterocycles. The zero-order valence-corrected chi connectivity index (χ0v) is 11.7. The molecule has 19 heavy (non-hydrogen) atoms. The molecule has 1 aromatic carbocycles. The molecule has 0 aliphatic carbocycles. The molecule has 0 bridgehead atoms. The standard InChI is InChI=1S/C13H15ClN4O/c1-6-7(2)17-18(8(6)3)12-10(13(16)19)4-9(15)5-11(12)14/h4-5H,15H2,1-3H3,(H2,16,19). The fourth-order valence-corrected chi connectivity index (χ4v) is 2.27. The summed E-state index contributed by atoms with van der Waals surface area (Å²) in [6, 6.07) is 3.09. The third-order valence-corrected chi connectivity index (χ3v) is 3.50. The van der Waals surface area contributed by atoms with Gasteiger partial charge < -0.3 is 11.5 Å². The topological polar surface area (TPSA) is 86.9 Å². The number of carbonyl (C=O) groups excluding carboxylic acids is 1. The Morgan fingerprint density at radius 3 is 2.42 bits per heavy atom. The van der Waals surface area contributed by atoms with Crippen LogP contribution in [0.1, 0.15) is 27.3 Å². The summed E-state index contributed by atoms with van der Waals surface area (Å²) >= 11 is 6.20. The highest BCUT2D eigenvalue weighted by atomic mass is 35.5. The molecule has 0 atom stereocenters. The lowest BCUT2D eigenvalue weighted by atomic mass is 10.1. The van der Waals surface area contributed by atoms with Gasteiger partial charge in [0.05, 0.1) is 22.0 Å². The fourth-order valence-electron chi connectivity index (χ4n) is 1.96. The van der Waals surface area contributed by atoms with Crippen LogP contribution in [0.25, 0.3) is 5.69 Å². The van der Waals surface area contributed by atoms with Crippen molar-refractivity contribution in [1.82, 2.24) is 9.78 Å². The molecule has 5 nitrogen and oxygen atoms in total. The van der Waals surface area contributed by atoms with Crippen LogP contribution < -0.4 is 11.5 Å². The summed E-state index contributed by atoms with van der Waals surface area (Å²) in [5.41, 5.74) is 15.0. The summed E-state index contributed by atoms with van der Waals surface area (Å²) in [7, 11) is 0. The average Bonchev–Trinajstić information content (AvgIpc) is 2.56. The molecular weight excluding hydrogens is 264 g/mol. The second-order valence-corrected chi connectivity index (χ2v) is 4.88. The Balaban J connectivity index is 2.81. The smallest absolute Gasteiger partial charge is 0.251 e. The lowest BCUT2D eigenvalue weighted by molar-refractivity contribution is 0.1000. The Kier molecular flexibility index (Phi) is 3.24. The van der Waals surface area contributed by atoms with Crippen LogP contribution in [0.2, 0.25) is 5.02 Å². The highest BCUT2D eigenvalue weighted by molar-refractivity contribution is 6.33. The van der Waals surface area contributed by atoms with E-state index in [4.69, 9.17) is 23.1 Å². The number of rotatable bonds is 2. The van der Waals surface area contributed by atoms with Gasteiger partial charge >= 0.3 is 0 Å². The summed E-state index contributed by atoms with van der Waals surface area (Å²) in [6.07, 6.45) is 0. The van der Waals surface area contributed by atoms with Crippen molar-refractivity contribution in [3.8, 4) is 5.69 Å². The first-order chi connectivity index (χ1) is 8.82. The van der Waals surface area contributed by atoms with E-state index in [2.05, 4.69) is 5.10 Å². The number of anilines is 1. The molecule has 100 valence electrons. The molecule has 2 aromatic rings. The molecule has 0 saturated carbocycles. The van der Waals surface area contributed by atoms with Gasteiger partial charge in [0.1, 0.15) is 0 Å². The summed E-state index contributed by atoms with van der Waals surface area (Å²) in [6.45, 7) is 5.77. The number of halogens is 1. The summed E-state index contributed by atoms with van der Waals surface area (Å²) in [5, 5.41) is 4.74. The minimum Gasteiger partial charge on any atom is -0.399 e. The van der Waals surface area contributed by atoms with E-state index in [1.165, 1.54) is 6.07 Å². The number of primary amides is 1. The molecule has 0 radical (unpaired) electrons. The maximum absolute atomic E-state index is 11.6. The van der Waals surface area contributed by atoms with Gasteiger partial charge in [-0.15, -0.1) is 0 Å². The summed E-state index contributed by atoms with van der Waals surface area (Å²) in [5.74, 6) is -0.589. The van der Waals surface area contributed by atoms with E-state index < -0.39 is 5.91 Å². The van der Waals surface area contributed by atoms with Gasteiger partial charge in [0.15, 0.2) is 0 Å². The molecule has 0 saturated heterocycles. The predicted octanol–water partition coefficient (Wildman–Crippen LogP) is 2.13. The van der Waals surface area contributed by atoms with E-state index in [1.54, 1.807) is 10.7 Å². The molecule has 0 unspecified atom stereocenters. The van der Waals surface area contributed by atoms with Crippen LogP contribution in [0, 0.1) is 20.8 Å². The van der Waals surface area contributed by atoms with Crippen LogP contribution in [-0.2, 0) is 0 Å². The van der Waals surface area contributed by atoms with Crippen molar-refractivity contribution in [1.29, 1.82) is 0 Å². The highest BCUT2D eigenvalue weighted by Gasteiger charge is 2.19. The second-order valence-electron chi connectivity index (χ2n) is 4.47. The molecule has 2 rings (SSSR count). The van der Waals surface area contributed by atoms with Crippen molar-refractivity contribution in [2.45, 2.75) is 20.8 Å². The first-order valence-corrected chi connectivity index (χ1v) is 6.12. The SMILES string of the molecule is Cc1nn(-c2c(Cl)cc(N)cc2C(N)=O)c(C)c1C. The molecule has 0 fully saturated rings. The number of aryl methyl sites for hydroxylation is 1. The average molecular weight is 279 g/mol. The van der Waals surface area contributed by atoms with Gasteiger partial charge in [0, 0.05) is 11.4 Å². The van der Waals surface area contributed by atoms with Gasteiger partial charge in [-0.05, 0) is 38.5 Å². The highest BCUT2D eigenvalue weighted by Crippen LogP contribution is 2.29. The van der Waals surface area contributed by atoms with Crippen LogP contribution in [-0.4, -0.2) is 15.7 Å². The van der Waals surface area contributed by atoms with Crippen molar-refractivity contribution in [3.63, 3.8) is 0 Å². The van der Waals surface area contributed by atoms with Gasteiger partial charge in [-0.1, -0.05) is 11.6 Å². The molecule has 1 aromatic heterocycles. The minimum atomic E-state index is -0.589. The largest absolute Gasteiger partial charge is 0.399 e. The van der Waals surface area contributed by atoms with Crippen LogP contribution in [0.3, 0.4) is 0 Å². The lowest BCUT2D eigenvalue weighted by Crippen LogP contribution is -2.16. The lowest BCUT2D eigenvalue weighted by Gasteiger charge is -2.12.